The van der Waals surface area contributed by atoms with Crippen LogP contribution in [0.15, 0.2) is 109 Å². The van der Waals surface area contributed by atoms with E-state index in [1.807, 2.05) is 62.4 Å². The van der Waals surface area contributed by atoms with E-state index >= 15 is 0 Å². The average molecular weight is 2070 g/mol. The summed E-state index contributed by atoms with van der Waals surface area (Å²) >= 11 is 0. The molecule has 0 amide bonds. The van der Waals surface area contributed by atoms with Crippen molar-refractivity contribution >= 4 is 5.97 Å². The number of carbonyl (C=O) groups is 1. The SMILES string of the molecule is CCCCCCCCCCCCCCOc1cc(C(=O)OC)ccc1O.CCCCCCCCCCCCCCOc1cc(C(C)(C)C)ccc1O.CCCCCCCCCCCCCCOc1cc(C)ccc1O.CCCCCCCCCCCCCCOc1cc(OC)ccc1O.CCCCCCCCCCCCCCOc1ccc(C(C)(C)C)cc1O.CCCCCCCCCCCCCCOc1ccc(C)cc1O. The minimum absolute atomic E-state index is 0.0471. The van der Waals surface area contributed by atoms with E-state index in [0.29, 0.717) is 85.5 Å². The van der Waals surface area contributed by atoms with Crippen molar-refractivity contribution in [3.8, 4) is 74.7 Å². The number of benzene rings is 6. The molecular formula is C133H228O15. The second-order valence-corrected chi connectivity index (χ2v) is 44.2. The van der Waals surface area contributed by atoms with Crippen LogP contribution < -0.4 is 33.2 Å². The Morgan fingerprint density at radius 3 is 0.676 bits per heavy atom. The van der Waals surface area contributed by atoms with Gasteiger partial charge in [0.1, 0.15) is 5.75 Å². The molecule has 0 saturated carbocycles. The van der Waals surface area contributed by atoms with Crippen molar-refractivity contribution < 1.29 is 73.3 Å². The van der Waals surface area contributed by atoms with Gasteiger partial charge in [0.25, 0.3) is 0 Å². The first-order valence-corrected chi connectivity index (χ1v) is 61.1. The van der Waals surface area contributed by atoms with Crippen molar-refractivity contribution in [3.05, 3.63) is 137 Å². The molecule has 0 aromatic heterocycles. The summed E-state index contributed by atoms with van der Waals surface area (Å²) in [5, 5.41) is 59.1. The quantitative estimate of drug-likeness (QED) is 0.0155. The highest BCUT2D eigenvalue weighted by Gasteiger charge is 2.19. The van der Waals surface area contributed by atoms with Gasteiger partial charge in [-0.25, -0.2) is 4.79 Å². The summed E-state index contributed by atoms with van der Waals surface area (Å²) < 4.78 is 43.9. The van der Waals surface area contributed by atoms with E-state index < -0.39 is 5.97 Å². The predicted octanol–water partition coefficient (Wildman–Crippen LogP) is 41.8. The lowest BCUT2D eigenvalue weighted by Crippen LogP contribution is -2.11. The second kappa shape index (κ2) is 97.4. The smallest absolute Gasteiger partial charge is 0.337 e. The van der Waals surface area contributed by atoms with Crippen molar-refractivity contribution in [3.63, 3.8) is 0 Å². The molecule has 0 heterocycles. The topological polar surface area (TPSA) is 212 Å². The number of unbranched alkanes of at least 4 members (excludes halogenated alkanes) is 66. The first-order valence-electron chi connectivity index (χ1n) is 61.1. The number of carbonyl (C=O) groups excluding carboxylic acids is 1. The Hall–Kier alpha value is -7.81. The Morgan fingerprint density at radius 1 is 0.209 bits per heavy atom. The molecule has 6 rings (SSSR count). The fraction of sp³-hybridized carbons (Fsp3) is 0.722. The van der Waals surface area contributed by atoms with Crippen LogP contribution in [-0.4, -0.2) is 90.5 Å². The number of ether oxygens (including phenoxy) is 8. The molecule has 0 fully saturated rings. The van der Waals surface area contributed by atoms with E-state index in [2.05, 4.69) is 93.9 Å². The summed E-state index contributed by atoms with van der Waals surface area (Å²) in [7, 11) is 2.95. The Kier molecular flexibility index (Phi) is 91.0. The van der Waals surface area contributed by atoms with E-state index in [4.69, 9.17) is 33.2 Å². The Bertz CT molecular complexity index is 3970. The second-order valence-electron chi connectivity index (χ2n) is 44.2. The van der Waals surface area contributed by atoms with Crippen LogP contribution in [0, 0.1) is 13.8 Å². The molecular weight excluding hydrogens is 1840 g/mol. The van der Waals surface area contributed by atoms with Crippen LogP contribution in [0.25, 0.3) is 0 Å². The predicted molar refractivity (Wildman–Crippen MR) is 633 cm³/mol. The summed E-state index contributed by atoms with van der Waals surface area (Å²) in [6.45, 7) is 34.6. The lowest BCUT2D eigenvalue weighted by Gasteiger charge is -2.20. The van der Waals surface area contributed by atoms with Gasteiger partial charge in [0.15, 0.2) is 69.0 Å². The fourth-order valence-electron chi connectivity index (χ4n) is 18.1. The van der Waals surface area contributed by atoms with E-state index in [1.54, 1.807) is 43.5 Å². The largest absolute Gasteiger partial charge is 0.504 e. The molecule has 0 unspecified atom stereocenters. The molecule has 0 aliphatic heterocycles. The number of aryl methyl sites for hydroxylation is 2. The van der Waals surface area contributed by atoms with Gasteiger partial charge in [-0.15, -0.1) is 0 Å². The zero-order valence-electron chi connectivity index (χ0n) is 98.4. The highest BCUT2D eigenvalue weighted by Crippen LogP contribution is 2.37. The van der Waals surface area contributed by atoms with Crippen LogP contribution in [0.5, 0.6) is 74.7 Å². The van der Waals surface area contributed by atoms with Gasteiger partial charge in [0.05, 0.1) is 59.4 Å². The Balaban J connectivity index is 0.000000889. The molecule has 0 spiro atoms. The van der Waals surface area contributed by atoms with Gasteiger partial charge in [-0.1, -0.05) is 531 Å². The monoisotopic (exact) mass is 2070 g/mol. The van der Waals surface area contributed by atoms with Crippen molar-refractivity contribution in [2.75, 3.05) is 53.9 Å². The van der Waals surface area contributed by atoms with Crippen LogP contribution in [-0.2, 0) is 15.6 Å². The first kappa shape index (κ1) is 138. The van der Waals surface area contributed by atoms with Gasteiger partial charge >= 0.3 is 5.97 Å². The maximum absolute atomic E-state index is 11.5. The molecule has 6 N–H and O–H groups in total. The number of phenols is 6. The molecule has 0 saturated heterocycles. The third-order valence-electron chi connectivity index (χ3n) is 28.0. The van der Waals surface area contributed by atoms with Crippen LogP contribution >= 0.6 is 0 Å². The molecule has 0 aliphatic rings. The Labute approximate surface area is 909 Å². The number of hydrogen-bond acceptors (Lipinski definition) is 15. The Morgan fingerprint density at radius 2 is 0.412 bits per heavy atom. The third-order valence-corrected chi connectivity index (χ3v) is 28.0. The summed E-state index contributed by atoms with van der Waals surface area (Å²) in [6.07, 6.45) is 96.2. The maximum Gasteiger partial charge on any atom is 0.337 e. The zero-order chi connectivity index (χ0) is 109. The highest BCUT2D eigenvalue weighted by atomic mass is 16.5. The zero-order valence-corrected chi connectivity index (χ0v) is 98.4. The molecule has 0 radical (unpaired) electrons. The van der Waals surface area contributed by atoms with E-state index in [9.17, 15) is 35.4 Å². The summed E-state index contributed by atoms with van der Waals surface area (Å²) in [4.78, 5) is 11.5. The van der Waals surface area contributed by atoms with Gasteiger partial charge in [0.2, 0.25) is 0 Å². The third kappa shape index (κ3) is 80.1. The van der Waals surface area contributed by atoms with Crippen molar-refractivity contribution in [2.24, 2.45) is 0 Å². The van der Waals surface area contributed by atoms with E-state index in [0.717, 1.165) is 61.6 Å². The lowest BCUT2D eigenvalue weighted by atomic mass is 9.87. The van der Waals surface area contributed by atoms with Crippen LogP contribution in [0.2, 0.25) is 0 Å². The van der Waals surface area contributed by atoms with Crippen LogP contribution in [0.1, 0.15) is 578 Å². The van der Waals surface area contributed by atoms with Crippen molar-refractivity contribution in [1.29, 1.82) is 0 Å². The lowest BCUT2D eigenvalue weighted by molar-refractivity contribution is 0.0600. The van der Waals surface area contributed by atoms with Crippen LogP contribution in [0.3, 0.4) is 0 Å². The van der Waals surface area contributed by atoms with Crippen LogP contribution in [0.4, 0.5) is 0 Å². The number of methoxy groups -OCH3 is 2. The van der Waals surface area contributed by atoms with Gasteiger partial charge in [-0.05, 0) is 164 Å². The fourth-order valence-corrected chi connectivity index (χ4v) is 18.1. The van der Waals surface area contributed by atoms with Crippen molar-refractivity contribution in [2.45, 2.75) is 570 Å². The summed E-state index contributed by atoms with van der Waals surface area (Å²) in [5.74, 6) is 4.83. The van der Waals surface area contributed by atoms with E-state index in [-0.39, 0.29) is 45.3 Å². The number of phenolic OH excluding ortho intramolecular Hbond substituents is 6. The van der Waals surface area contributed by atoms with Gasteiger partial charge in [0, 0.05) is 6.07 Å². The number of aromatic hydroxyl groups is 6. The molecule has 6 aromatic rings. The molecule has 0 atom stereocenters. The van der Waals surface area contributed by atoms with Gasteiger partial charge in [-0.3, -0.25) is 0 Å². The molecule has 0 bridgehead atoms. The van der Waals surface area contributed by atoms with Gasteiger partial charge < -0.3 is 68.5 Å². The standard InChI is InChI=1S/2C24H42O2.C22H36O4.C21H36O3.2C21H36O2/c1-5-6-7-8-9-10-11-12-13-14-15-16-19-26-23-18-17-21(20-22(23)25)24(2,3)4;1-5-6-7-8-9-10-11-12-13-14-15-16-19-26-23-20-21(24(2,3)4)17-18-22(23)25;1-3-4-5-6-7-8-9-10-11-12-13-14-17-26-21-18-19(22(24)25-2)15-16-20(21)23;1-3-4-5-6-7-8-9-10-11-12-13-14-17-24-21-18-19(23-2)15-16-20(21)22;1-3-4-5-6-7-8-9-10-11-12-13-14-17-23-21-16-15-19(2)18-20(21)22;1-3-4-5-6-7-8-9-10-11-12-13-14-17-23-21-18-19(2)15-16-20(21)22/h2*17-18,20,25H,5-16,19H2,1-4H3;15-16,18,23H,3-14,17H2,1-2H3;15-16,18,22H,3-14,17H2,1-2H3;2*15-16,18,22H,3-14,17H2,1-2H3. The van der Waals surface area contributed by atoms with Crippen molar-refractivity contribution in [1.82, 2.24) is 0 Å². The highest BCUT2D eigenvalue weighted by molar-refractivity contribution is 5.90. The number of hydrogen-bond donors (Lipinski definition) is 6. The average Bonchev–Trinajstić information content (AvgIpc) is 0.837. The summed E-state index contributed by atoms with van der Waals surface area (Å²) in [6, 6.07) is 32.1. The first-order chi connectivity index (χ1) is 71.8. The molecule has 6 aromatic carbocycles. The normalized spacial score (nSPS) is 11.1. The maximum atomic E-state index is 11.5. The minimum atomic E-state index is -0.430. The summed E-state index contributed by atoms with van der Waals surface area (Å²) in [5.41, 5.74) is 5.00. The van der Waals surface area contributed by atoms with E-state index in [1.165, 1.54) is 448 Å². The molecule has 0 aliphatic carbocycles. The molecule has 15 heteroatoms. The number of rotatable bonds is 86. The molecule has 850 valence electrons. The molecule has 148 heavy (non-hydrogen) atoms. The van der Waals surface area contributed by atoms with Gasteiger partial charge in [-0.2, -0.15) is 0 Å². The minimum Gasteiger partial charge on any atom is -0.504 e. The molecule has 15 nitrogen and oxygen atoms in total. The number of esters is 1.